The van der Waals surface area contributed by atoms with Crippen LogP contribution >= 0.6 is 0 Å². The molecule has 5 heteroatoms. The predicted molar refractivity (Wildman–Crippen MR) is 61.2 cm³/mol. The van der Waals surface area contributed by atoms with Crippen molar-refractivity contribution in [2.24, 2.45) is 0 Å². The average Bonchev–Trinajstić information content (AvgIpc) is 2.78. The van der Waals surface area contributed by atoms with E-state index in [-0.39, 0.29) is 11.4 Å². The van der Waals surface area contributed by atoms with Gasteiger partial charge in [-0.3, -0.25) is 0 Å². The third-order valence-electron chi connectivity index (χ3n) is 2.17. The van der Waals surface area contributed by atoms with Gasteiger partial charge in [0, 0.05) is 12.3 Å². The molecule has 17 heavy (non-hydrogen) atoms. The van der Waals surface area contributed by atoms with Crippen LogP contribution in [-0.4, -0.2) is 27.5 Å². The van der Waals surface area contributed by atoms with Gasteiger partial charge in [0.25, 0.3) is 0 Å². The Morgan fingerprint density at radius 1 is 1.47 bits per heavy atom. The average molecular weight is 232 g/mol. The molecule has 2 rings (SSSR count). The maximum Gasteiger partial charge on any atom is 0.358 e. The summed E-state index contributed by atoms with van der Waals surface area (Å²) in [6.45, 7) is 2.06. The molecule has 0 aliphatic heterocycles. The van der Waals surface area contributed by atoms with Gasteiger partial charge in [0.05, 0.1) is 12.3 Å². The molecule has 0 amide bonds. The lowest BCUT2D eigenvalue weighted by molar-refractivity contribution is 0.0519. The number of esters is 1. The minimum absolute atomic E-state index is 0.149. The summed E-state index contributed by atoms with van der Waals surface area (Å²) in [5, 5.41) is 13.4. The van der Waals surface area contributed by atoms with Gasteiger partial charge in [-0.15, -0.1) is 0 Å². The number of benzene rings is 1. The van der Waals surface area contributed by atoms with Crippen LogP contribution in [0.4, 0.5) is 0 Å². The molecule has 0 saturated carbocycles. The van der Waals surface area contributed by atoms with E-state index in [2.05, 4.69) is 5.10 Å². The molecule has 0 fully saturated rings. The molecule has 2 aromatic rings. The maximum atomic E-state index is 11.4. The van der Waals surface area contributed by atoms with E-state index in [1.165, 1.54) is 4.68 Å². The Kier molecular flexibility index (Phi) is 3.09. The first-order chi connectivity index (χ1) is 8.20. The highest BCUT2D eigenvalue weighted by Gasteiger charge is 2.10. The lowest BCUT2D eigenvalue weighted by Gasteiger charge is -2.01. The summed E-state index contributed by atoms with van der Waals surface area (Å²) >= 11 is 0. The van der Waals surface area contributed by atoms with E-state index < -0.39 is 5.97 Å². The zero-order chi connectivity index (χ0) is 12.3. The SMILES string of the molecule is CCOC(=O)c1ccn(-c2cccc(O)c2)n1. The van der Waals surface area contributed by atoms with Gasteiger partial charge in [0.1, 0.15) is 5.75 Å². The number of aromatic nitrogens is 2. The minimum Gasteiger partial charge on any atom is -0.508 e. The fourth-order valence-electron chi connectivity index (χ4n) is 1.42. The molecule has 0 aliphatic rings. The van der Waals surface area contributed by atoms with Gasteiger partial charge >= 0.3 is 5.97 Å². The molecule has 0 atom stereocenters. The first kappa shape index (κ1) is 11.2. The number of carbonyl (C=O) groups excluding carboxylic acids is 1. The molecule has 1 aromatic carbocycles. The van der Waals surface area contributed by atoms with Gasteiger partial charge in [-0.25, -0.2) is 9.48 Å². The standard InChI is InChI=1S/C12H12N2O3/c1-2-17-12(16)11-6-7-14(13-11)9-4-3-5-10(15)8-9/h3-8,15H,2H2,1H3. The summed E-state index contributed by atoms with van der Waals surface area (Å²) in [7, 11) is 0. The molecule has 0 spiro atoms. The lowest BCUT2D eigenvalue weighted by Crippen LogP contribution is -2.06. The van der Waals surface area contributed by atoms with Gasteiger partial charge in [0.15, 0.2) is 5.69 Å². The number of phenols is 1. The van der Waals surface area contributed by atoms with Crippen LogP contribution in [0.25, 0.3) is 5.69 Å². The van der Waals surface area contributed by atoms with E-state index >= 15 is 0 Å². The second-order valence-electron chi connectivity index (χ2n) is 3.39. The van der Waals surface area contributed by atoms with E-state index in [0.717, 1.165) is 0 Å². The van der Waals surface area contributed by atoms with Crippen LogP contribution in [0.15, 0.2) is 36.5 Å². The lowest BCUT2D eigenvalue weighted by atomic mass is 10.3. The monoisotopic (exact) mass is 232 g/mol. The Morgan fingerprint density at radius 2 is 2.29 bits per heavy atom. The van der Waals surface area contributed by atoms with Crippen LogP contribution in [0, 0.1) is 0 Å². The second-order valence-corrected chi connectivity index (χ2v) is 3.39. The van der Waals surface area contributed by atoms with Gasteiger partial charge in [-0.05, 0) is 25.1 Å². The number of rotatable bonds is 3. The molecule has 5 nitrogen and oxygen atoms in total. The molecule has 0 unspecified atom stereocenters. The Hall–Kier alpha value is -2.30. The smallest absolute Gasteiger partial charge is 0.358 e. The minimum atomic E-state index is -0.452. The zero-order valence-electron chi connectivity index (χ0n) is 9.33. The third kappa shape index (κ3) is 2.44. The van der Waals surface area contributed by atoms with E-state index in [4.69, 9.17) is 4.74 Å². The van der Waals surface area contributed by atoms with Crippen molar-refractivity contribution in [2.45, 2.75) is 6.92 Å². The Bertz CT molecular complexity index is 534. The van der Waals surface area contributed by atoms with Gasteiger partial charge < -0.3 is 9.84 Å². The molecule has 0 aliphatic carbocycles. The zero-order valence-corrected chi connectivity index (χ0v) is 9.33. The molecule has 1 aromatic heterocycles. The first-order valence-corrected chi connectivity index (χ1v) is 5.23. The number of nitrogens with zero attached hydrogens (tertiary/aromatic N) is 2. The highest BCUT2D eigenvalue weighted by molar-refractivity contribution is 5.87. The van der Waals surface area contributed by atoms with E-state index in [1.54, 1.807) is 43.5 Å². The fourth-order valence-corrected chi connectivity index (χ4v) is 1.42. The Morgan fingerprint density at radius 3 is 3.00 bits per heavy atom. The molecular weight excluding hydrogens is 220 g/mol. The first-order valence-electron chi connectivity index (χ1n) is 5.23. The van der Waals surface area contributed by atoms with E-state index in [1.807, 2.05) is 0 Å². The summed E-state index contributed by atoms with van der Waals surface area (Å²) in [5.41, 5.74) is 0.927. The number of hydrogen-bond acceptors (Lipinski definition) is 4. The largest absolute Gasteiger partial charge is 0.508 e. The van der Waals surface area contributed by atoms with E-state index in [9.17, 15) is 9.90 Å². The molecule has 1 N–H and O–H groups in total. The predicted octanol–water partition coefficient (Wildman–Crippen LogP) is 1.75. The topological polar surface area (TPSA) is 64.3 Å². The number of carbonyl (C=O) groups is 1. The second kappa shape index (κ2) is 4.69. The van der Waals surface area contributed by atoms with Gasteiger partial charge in [0.2, 0.25) is 0 Å². The molecular formula is C12H12N2O3. The highest BCUT2D eigenvalue weighted by Crippen LogP contribution is 2.14. The fraction of sp³-hybridized carbons (Fsp3) is 0.167. The third-order valence-corrected chi connectivity index (χ3v) is 2.17. The quantitative estimate of drug-likeness (QED) is 0.819. The number of ether oxygens (including phenoxy) is 1. The molecule has 0 radical (unpaired) electrons. The van der Waals surface area contributed by atoms with Crippen LogP contribution in [0.2, 0.25) is 0 Å². The van der Waals surface area contributed by atoms with Crippen LogP contribution < -0.4 is 0 Å². The molecule has 88 valence electrons. The van der Waals surface area contributed by atoms with Crippen molar-refractivity contribution in [3.8, 4) is 11.4 Å². The van der Waals surface area contributed by atoms with E-state index in [0.29, 0.717) is 12.3 Å². The number of aromatic hydroxyl groups is 1. The van der Waals surface area contributed by atoms with Crippen molar-refractivity contribution < 1.29 is 14.6 Å². The van der Waals surface area contributed by atoms with Crippen LogP contribution in [-0.2, 0) is 4.74 Å². The number of hydrogen-bond donors (Lipinski definition) is 1. The molecule has 0 bridgehead atoms. The van der Waals surface area contributed by atoms with Crippen LogP contribution in [0.1, 0.15) is 17.4 Å². The summed E-state index contributed by atoms with van der Waals surface area (Å²) < 4.78 is 6.34. The maximum absolute atomic E-state index is 11.4. The summed E-state index contributed by atoms with van der Waals surface area (Å²) in [5.74, 6) is -0.304. The van der Waals surface area contributed by atoms with Crippen molar-refractivity contribution in [1.82, 2.24) is 9.78 Å². The summed E-state index contributed by atoms with van der Waals surface area (Å²) in [6.07, 6.45) is 1.64. The van der Waals surface area contributed by atoms with Crippen molar-refractivity contribution in [1.29, 1.82) is 0 Å². The Balaban J connectivity index is 2.27. The van der Waals surface area contributed by atoms with Crippen molar-refractivity contribution in [3.63, 3.8) is 0 Å². The van der Waals surface area contributed by atoms with Crippen molar-refractivity contribution >= 4 is 5.97 Å². The highest BCUT2D eigenvalue weighted by atomic mass is 16.5. The normalized spacial score (nSPS) is 10.2. The summed E-state index contributed by atoms with van der Waals surface area (Å²) in [6, 6.07) is 8.18. The van der Waals surface area contributed by atoms with Crippen LogP contribution in [0.5, 0.6) is 5.75 Å². The Labute approximate surface area is 98.3 Å². The van der Waals surface area contributed by atoms with Gasteiger partial charge in [-0.2, -0.15) is 5.10 Å². The van der Waals surface area contributed by atoms with Gasteiger partial charge in [-0.1, -0.05) is 6.07 Å². The van der Waals surface area contributed by atoms with Crippen molar-refractivity contribution in [2.75, 3.05) is 6.61 Å². The summed E-state index contributed by atoms with van der Waals surface area (Å²) in [4.78, 5) is 11.4. The van der Waals surface area contributed by atoms with Crippen LogP contribution in [0.3, 0.4) is 0 Å². The molecule has 1 heterocycles. The molecule has 0 saturated heterocycles. The van der Waals surface area contributed by atoms with Crippen molar-refractivity contribution in [3.05, 3.63) is 42.2 Å². The number of phenolic OH excluding ortho intramolecular Hbond substituents is 1.